The molecule has 7 nitrogen and oxygen atoms in total. The molecule has 0 saturated carbocycles. The average molecular weight is 288 g/mol. The maximum Gasteiger partial charge on any atom is 0.315 e. The van der Waals surface area contributed by atoms with Crippen molar-refractivity contribution in [3.8, 4) is 17.4 Å². The number of aryl methyl sites for hydroxylation is 1. The fourth-order valence-electron chi connectivity index (χ4n) is 1.71. The summed E-state index contributed by atoms with van der Waals surface area (Å²) >= 11 is 0. The molecule has 0 spiro atoms. The fourth-order valence-corrected chi connectivity index (χ4v) is 1.71. The first kappa shape index (κ1) is 14.4. The highest BCUT2D eigenvalue weighted by Crippen LogP contribution is 2.34. The molecule has 0 fully saturated rings. The third-order valence-electron chi connectivity index (χ3n) is 2.76. The Balaban J connectivity index is 2.39. The van der Waals surface area contributed by atoms with Crippen molar-refractivity contribution in [1.29, 1.82) is 0 Å². The number of rotatable bonds is 5. The number of carbonyl (C=O) groups excluding carboxylic acids is 1. The zero-order chi connectivity index (χ0) is 15.4. The maximum absolute atomic E-state index is 11.1. The summed E-state index contributed by atoms with van der Waals surface area (Å²) in [5.74, 6) is 0.610. The highest BCUT2D eigenvalue weighted by molar-refractivity contribution is 5.74. The van der Waals surface area contributed by atoms with Crippen molar-refractivity contribution in [3.63, 3.8) is 0 Å². The van der Waals surface area contributed by atoms with Gasteiger partial charge in [0, 0.05) is 17.3 Å². The first-order valence-corrected chi connectivity index (χ1v) is 5.97. The topological polar surface area (TPSA) is 91.6 Å². The van der Waals surface area contributed by atoms with E-state index in [2.05, 4.69) is 4.98 Å². The van der Waals surface area contributed by atoms with E-state index < -0.39 is 4.92 Å². The molecule has 0 aliphatic carbocycles. The second-order valence-corrected chi connectivity index (χ2v) is 4.20. The SMILES string of the molecule is COc1ccc(Oc2ncc(C=O)cc2C)c([N+](=O)[O-])c1. The summed E-state index contributed by atoms with van der Waals surface area (Å²) in [5.41, 5.74) is 0.781. The summed E-state index contributed by atoms with van der Waals surface area (Å²) in [5, 5.41) is 11.1. The number of pyridine rings is 1. The fraction of sp³-hybridized carbons (Fsp3) is 0.143. The molecule has 1 aromatic heterocycles. The van der Waals surface area contributed by atoms with Crippen molar-refractivity contribution < 1.29 is 19.2 Å². The molecule has 0 radical (unpaired) electrons. The maximum atomic E-state index is 11.1. The van der Waals surface area contributed by atoms with Gasteiger partial charge in [0.1, 0.15) is 5.75 Å². The van der Waals surface area contributed by atoms with Crippen molar-refractivity contribution in [2.24, 2.45) is 0 Å². The van der Waals surface area contributed by atoms with E-state index in [9.17, 15) is 14.9 Å². The Kier molecular flexibility index (Phi) is 4.13. The van der Waals surface area contributed by atoms with Gasteiger partial charge in [-0.3, -0.25) is 14.9 Å². The number of ether oxygens (including phenoxy) is 2. The third-order valence-corrected chi connectivity index (χ3v) is 2.76. The molecule has 21 heavy (non-hydrogen) atoms. The Morgan fingerprint density at radius 2 is 2.10 bits per heavy atom. The minimum atomic E-state index is -0.563. The normalized spacial score (nSPS) is 10.0. The smallest absolute Gasteiger partial charge is 0.315 e. The monoisotopic (exact) mass is 288 g/mol. The number of hydrogen-bond donors (Lipinski definition) is 0. The van der Waals surface area contributed by atoms with Gasteiger partial charge in [0.05, 0.1) is 18.1 Å². The van der Waals surface area contributed by atoms with Gasteiger partial charge in [-0.15, -0.1) is 0 Å². The quantitative estimate of drug-likeness (QED) is 0.477. The molecule has 7 heteroatoms. The van der Waals surface area contributed by atoms with Crippen LogP contribution in [0.25, 0.3) is 0 Å². The number of aldehydes is 1. The Hall–Kier alpha value is -2.96. The second-order valence-electron chi connectivity index (χ2n) is 4.20. The molecular formula is C14H12N2O5. The van der Waals surface area contributed by atoms with E-state index in [4.69, 9.17) is 9.47 Å². The number of methoxy groups -OCH3 is 1. The largest absolute Gasteiger partial charge is 0.496 e. The van der Waals surface area contributed by atoms with Crippen LogP contribution in [0.5, 0.6) is 17.4 Å². The highest BCUT2D eigenvalue weighted by atomic mass is 16.6. The predicted molar refractivity (Wildman–Crippen MR) is 74.1 cm³/mol. The lowest BCUT2D eigenvalue weighted by atomic mass is 10.2. The van der Waals surface area contributed by atoms with Crippen molar-refractivity contribution in [2.75, 3.05) is 7.11 Å². The molecule has 0 amide bonds. The van der Waals surface area contributed by atoms with Gasteiger partial charge in [0.2, 0.25) is 11.6 Å². The van der Waals surface area contributed by atoms with Crippen LogP contribution < -0.4 is 9.47 Å². The summed E-state index contributed by atoms with van der Waals surface area (Å²) in [6, 6.07) is 5.85. The van der Waals surface area contributed by atoms with Gasteiger partial charge in [-0.2, -0.15) is 0 Å². The van der Waals surface area contributed by atoms with Crippen molar-refractivity contribution in [1.82, 2.24) is 4.98 Å². The van der Waals surface area contributed by atoms with Gasteiger partial charge in [-0.05, 0) is 25.1 Å². The summed E-state index contributed by atoms with van der Waals surface area (Å²) in [6.07, 6.45) is 2.00. The van der Waals surface area contributed by atoms with Crippen LogP contribution in [0.1, 0.15) is 15.9 Å². The van der Waals surface area contributed by atoms with Crippen molar-refractivity contribution in [3.05, 3.63) is 51.7 Å². The van der Waals surface area contributed by atoms with Gasteiger partial charge in [-0.25, -0.2) is 4.98 Å². The third kappa shape index (κ3) is 3.14. The van der Waals surface area contributed by atoms with Crippen molar-refractivity contribution in [2.45, 2.75) is 6.92 Å². The molecule has 0 unspecified atom stereocenters. The van der Waals surface area contributed by atoms with Gasteiger partial charge >= 0.3 is 5.69 Å². The van der Waals surface area contributed by atoms with Crippen LogP contribution in [0.3, 0.4) is 0 Å². The number of nitro groups is 1. The van der Waals surface area contributed by atoms with Crippen LogP contribution in [0.2, 0.25) is 0 Å². The molecule has 1 heterocycles. The Bertz CT molecular complexity index is 700. The van der Waals surface area contributed by atoms with E-state index >= 15 is 0 Å². The number of nitro benzene ring substituents is 1. The Labute approximate surface area is 120 Å². The first-order valence-electron chi connectivity index (χ1n) is 5.97. The van der Waals surface area contributed by atoms with Gasteiger partial charge in [0.25, 0.3) is 0 Å². The van der Waals surface area contributed by atoms with Crippen LogP contribution in [-0.4, -0.2) is 23.3 Å². The highest BCUT2D eigenvalue weighted by Gasteiger charge is 2.18. The summed E-state index contributed by atoms with van der Waals surface area (Å²) < 4.78 is 10.4. The second kappa shape index (κ2) is 6.00. The average Bonchev–Trinajstić information content (AvgIpc) is 2.49. The van der Waals surface area contributed by atoms with E-state index in [1.54, 1.807) is 19.1 Å². The van der Waals surface area contributed by atoms with E-state index in [0.717, 1.165) is 0 Å². The van der Waals surface area contributed by atoms with Crippen LogP contribution in [0.4, 0.5) is 5.69 Å². The zero-order valence-corrected chi connectivity index (χ0v) is 11.4. The molecule has 108 valence electrons. The number of benzene rings is 1. The predicted octanol–water partition coefficient (Wildman–Crippen LogP) is 2.91. The van der Waals surface area contributed by atoms with E-state index in [1.165, 1.54) is 25.4 Å². The molecule has 1 aromatic carbocycles. The number of carbonyl (C=O) groups is 1. The molecular weight excluding hydrogens is 276 g/mol. The Morgan fingerprint density at radius 1 is 1.33 bits per heavy atom. The standard InChI is InChI=1S/C14H12N2O5/c1-9-5-10(8-17)7-15-14(9)21-13-4-3-11(20-2)6-12(13)16(18)19/h3-8H,1-2H3. The molecule has 2 aromatic rings. The molecule has 0 N–H and O–H groups in total. The first-order chi connectivity index (χ1) is 10.0. The Morgan fingerprint density at radius 3 is 2.67 bits per heavy atom. The van der Waals surface area contributed by atoms with E-state index in [1.807, 2.05) is 0 Å². The lowest BCUT2D eigenvalue weighted by molar-refractivity contribution is -0.385. The number of hydrogen-bond acceptors (Lipinski definition) is 6. The minimum absolute atomic E-state index is 0.0512. The van der Waals surface area contributed by atoms with Crippen LogP contribution in [0, 0.1) is 17.0 Å². The molecule has 0 saturated heterocycles. The van der Waals surface area contributed by atoms with Gasteiger partial charge in [0.15, 0.2) is 6.29 Å². The van der Waals surface area contributed by atoms with E-state index in [0.29, 0.717) is 23.2 Å². The minimum Gasteiger partial charge on any atom is -0.496 e. The summed E-state index contributed by atoms with van der Waals surface area (Å²) in [6.45, 7) is 1.70. The van der Waals surface area contributed by atoms with Gasteiger partial charge in [-0.1, -0.05) is 0 Å². The molecule has 0 aliphatic heterocycles. The van der Waals surface area contributed by atoms with Gasteiger partial charge < -0.3 is 9.47 Å². The lowest BCUT2D eigenvalue weighted by Crippen LogP contribution is -1.98. The lowest BCUT2D eigenvalue weighted by Gasteiger charge is -2.09. The van der Waals surface area contributed by atoms with Crippen LogP contribution >= 0.6 is 0 Å². The zero-order valence-electron chi connectivity index (χ0n) is 11.4. The summed E-state index contributed by atoms with van der Waals surface area (Å²) in [4.78, 5) is 25.1. The van der Waals surface area contributed by atoms with Crippen LogP contribution in [0.15, 0.2) is 30.5 Å². The van der Waals surface area contributed by atoms with Crippen molar-refractivity contribution >= 4 is 12.0 Å². The number of nitrogens with zero attached hydrogens (tertiary/aromatic N) is 2. The van der Waals surface area contributed by atoms with Crippen LogP contribution in [-0.2, 0) is 0 Å². The number of aromatic nitrogens is 1. The molecule has 0 atom stereocenters. The molecule has 0 bridgehead atoms. The summed E-state index contributed by atoms with van der Waals surface area (Å²) in [7, 11) is 1.42. The molecule has 2 rings (SSSR count). The molecule has 0 aliphatic rings. The van der Waals surface area contributed by atoms with E-state index in [-0.39, 0.29) is 17.3 Å².